The number of methoxy groups -OCH3 is 1. The molecule has 0 radical (unpaired) electrons. The van der Waals surface area contributed by atoms with Crippen LogP contribution < -0.4 is 15.0 Å². The van der Waals surface area contributed by atoms with Gasteiger partial charge in [-0.15, -0.1) is 0 Å². The quantitative estimate of drug-likeness (QED) is 0.902. The lowest BCUT2D eigenvalue weighted by molar-refractivity contribution is -0.119. The number of nitrogens with zero attached hydrogens (tertiary/aromatic N) is 2. The average molecular weight is 367 g/mol. The first-order chi connectivity index (χ1) is 12.9. The molecular weight excluding hydrogens is 342 g/mol. The minimum absolute atomic E-state index is 0.0603. The molecule has 1 atom stereocenters. The number of para-hydroxylation sites is 1. The number of aryl methyl sites for hydroxylation is 2. The summed E-state index contributed by atoms with van der Waals surface area (Å²) in [5.74, 6) is 0.663. The molecular formula is C21H25N3O3. The lowest BCUT2D eigenvalue weighted by Gasteiger charge is -2.44. The van der Waals surface area contributed by atoms with Gasteiger partial charge in [0.25, 0.3) is 5.91 Å². The average Bonchev–Trinajstić information content (AvgIpc) is 2.65. The highest BCUT2D eigenvalue weighted by Gasteiger charge is 2.37. The predicted octanol–water partition coefficient (Wildman–Crippen LogP) is 2.65. The van der Waals surface area contributed by atoms with Crippen LogP contribution in [-0.4, -0.2) is 44.5 Å². The van der Waals surface area contributed by atoms with E-state index in [1.165, 1.54) is 0 Å². The van der Waals surface area contributed by atoms with Crippen molar-refractivity contribution in [1.82, 2.24) is 10.2 Å². The Morgan fingerprint density at radius 1 is 1.19 bits per heavy atom. The van der Waals surface area contributed by atoms with E-state index in [1.54, 1.807) is 32.2 Å². The number of likely N-dealkylation sites (N-methyl/N-ethyl adjacent to an activating group) is 1. The predicted molar refractivity (Wildman–Crippen MR) is 105 cm³/mol. The standard InChI is InChI=1S/C21H25N3O3/c1-13-10-15(11-14(2)19(13)27-5)20-23(4)21(26)16-8-6-7-9-17(16)24(20)12-18(25)22-3/h6-11,20H,12H2,1-5H3,(H,22,25)/t20-/m1/s1. The Hall–Kier alpha value is -3.02. The molecule has 2 aromatic carbocycles. The Morgan fingerprint density at radius 2 is 1.81 bits per heavy atom. The maximum absolute atomic E-state index is 13.0. The lowest BCUT2D eigenvalue weighted by Crippen LogP contribution is -2.50. The van der Waals surface area contributed by atoms with Gasteiger partial charge in [-0.1, -0.05) is 12.1 Å². The molecule has 27 heavy (non-hydrogen) atoms. The van der Waals surface area contributed by atoms with Crippen LogP contribution in [0, 0.1) is 13.8 Å². The zero-order valence-corrected chi connectivity index (χ0v) is 16.4. The molecule has 3 rings (SSSR count). The van der Waals surface area contributed by atoms with E-state index in [0.29, 0.717) is 5.56 Å². The van der Waals surface area contributed by atoms with Crippen molar-refractivity contribution in [2.24, 2.45) is 0 Å². The number of amides is 2. The molecule has 1 N–H and O–H groups in total. The first kappa shape index (κ1) is 18.8. The largest absolute Gasteiger partial charge is 0.496 e. The van der Waals surface area contributed by atoms with Crippen molar-refractivity contribution >= 4 is 17.5 Å². The minimum Gasteiger partial charge on any atom is -0.496 e. The third-order valence-corrected chi connectivity index (χ3v) is 5.00. The molecule has 0 unspecified atom stereocenters. The number of anilines is 1. The zero-order valence-electron chi connectivity index (χ0n) is 16.4. The number of carbonyl (C=O) groups is 2. The Kier molecular flexibility index (Phi) is 5.08. The van der Waals surface area contributed by atoms with Crippen LogP contribution in [0.2, 0.25) is 0 Å². The molecule has 1 aliphatic rings. The molecule has 1 aliphatic heterocycles. The Bertz CT molecular complexity index is 871. The lowest BCUT2D eigenvalue weighted by atomic mass is 9.98. The van der Waals surface area contributed by atoms with E-state index in [1.807, 2.05) is 49.1 Å². The van der Waals surface area contributed by atoms with Crippen LogP contribution >= 0.6 is 0 Å². The molecule has 0 bridgehead atoms. The number of hydrogen-bond acceptors (Lipinski definition) is 4. The zero-order chi connectivity index (χ0) is 19.7. The van der Waals surface area contributed by atoms with Gasteiger partial charge in [0.2, 0.25) is 5.91 Å². The van der Waals surface area contributed by atoms with E-state index < -0.39 is 0 Å². The van der Waals surface area contributed by atoms with Gasteiger partial charge >= 0.3 is 0 Å². The van der Waals surface area contributed by atoms with Gasteiger partial charge in [0.05, 0.1) is 24.9 Å². The van der Waals surface area contributed by atoms with Crippen LogP contribution in [0.25, 0.3) is 0 Å². The molecule has 0 spiro atoms. The highest BCUT2D eigenvalue weighted by Crippen LogP contribution is 2.39. The SMILES string of the molecule is CNC(=O)CN1c2ccccc2C(=O)N(C)[C@H]1c1cc(C)c(OC)c(C)c1. The maximum Gasteiger partial charge on any atom is 0.257 e. The monoisotopic (exact) mass is 367 g/mol. The summed E-state index contributed by atoms with van der Waals surface area (Å²) >= 11 is 0. The van der Waals surface area contributed by atoms with E-state index >= 15 is 0 Å². The second kappa shape index (κ2) is 7.31. The van der Waals surface area contributed by atoms with Gasteiger partial charge in [-0.25, -0.2) is 0 Å². The molecule has 0 aromatic heterocycles. The highest BCUT2D eigenvalue weighted by atomic mass is 16.5. The third-order valence-electron chi connectivity index (χ3n) is 5.00. The van der Waals surface area contributed by atoms with Crippen LogP contribution in [0.4, 0.5) is 5.69 Å². The van der Waals surface area contributed by atoms with Gasteiger partial charge in [0.1, 0.15) is 11.9 Å². The van der Waals surface area contributed by atoms with Crippen molar-refractivity contribution in [2.75, 3.05) is 32.6 Å². The van der Waals surface area contributed by atoms with Crippen LogP contribution in [0.15, 0.2) is 36.4 Å². The van der Waals surface area contributed by atoms with Gasteiger partial charge in [-0.05, 0) is 54.8 Å². The molecule has 0 saturated carbocycles. The molecule has 0 saturated heterocycles. The van der Waals surface area contributed by atoms with Gasteiger partial charge in [-0.2, -0.15) is 0 Å². The summed E-state index contributed by atoms with van der Waals surface area (Å²) in [4.78, 5) is 28.8. The van der Waals surface area contributed by atoms with Gasteiger partial charge in [-0.3, -0.25) is 9.59 Å². The normalized spacial score (nSPS) is 16.2. The number of ether oxygens (including phenoxy) is 1. The molecule has 142 valence electrons. The van der Waals surface area contributed by atoms with Gasteiger partial charge < -0.3 is 19.9 Å². The van der Waals surface area contributed by atoms with Crippen LogP contribution in [0.5, 0.6) is 5.75 Å². The van der Waals surface area contributed by atoms with Crippen molar-refractivity contribution in [1.29, 1.82) is 0 Å². The number of benzene rings is 2. The molecule has 0 aliphatic carbocycles. The van der Waals surface area contributed by atoms with E-state index in [4.69, 9.17) is 4.74 Å². The van der Waals surface area contributed by atoms with Crippen molar-refractivity contribution in [3.63, 3.8) is 0 Å². The van der Waals surface area contributed by atoms with Crippen molar-refractivity contribution in [3.8, 4) is 5.75 Å². The first-order valence-electron chi connectivity index (χ1n) is 8.87. The van der Waals surface area contributed by atoms with E-state index in [9.17, 15) is 9.59 Å². The van der Waals surface area contributed by atoms with Crippen LogP contribution in [0.3, 0.4) is 0 Å². The summed E-state index contributed by atoms with van der Waals surface area (Å²) in [7, 11) is 5.04. The van der Waals surface area contributed by atoms with Crippen LogP contribution in [0.1, 0.15) is 33.2 Å². The van der Waals surface area contributed by atoms with Crippen LogP contribution in [-0.2, 0) is 4.79 Å². The minimum atomic E-state index is -0.381. The Labute approximate surface area is 159 Å². The summed E-state index contributed by atoms with van der Waals surface area (Å²) in [6.07, 6.45) is -0.381. The molecule has 2 aromatic rings. The Balaban J connectivity index is 2.17. The van der Waals surface area contributed by atoms with Gasteiger partial charge in [0, 0.05) is 14.1 Å². The molecule has 0 fully saturated rings. The fourth-order valence-corrected chi connectivity index (χ4v) is 3.81. The summed E-state index contributed by atoms with van der Waals surface area (Å²) < 4.78 is 5.47. The van der Waals surface area contributed by atoms with Gasteiger partial charge in [0.15, 0.2) is 0 Å². The van der Waals surface area contributed by atoms with Crippen molar-refractivity contribution in [2.45, 2.75) is 20.0 Å². The number of nitrogens with one attached hydrogen (secondary N) is 1. The van der Waals surface area contributed by atoms with Crippen molar-refractivity contribution < 1.29 is 14.3 Å². The fourth-order valence-electron chi connectivity index (χ4n) is 3.81. The summed E-state index contributed by atoms with van der Waals surface area (Å²) in [5, 5.41) is 2.68. The summed E-state index contributed by atoms with van der Waals surface area (Å²) in [5.41, 5.74) is 4.29. The van der Waals surface area contributed by atoms with E-state index in [-0.39, 0.29) is 24.5 Å². The Morgan fingerprint density at radius 3 is 2.41 bits per heavy atom. The topological polar surface area (TPSA) is 61.9 Å². The fraction of sp³-hybridized carbons (Fsp3) is 0.333. The number of carbonyl (C=O) groups excluding carboxylic acids is 2. The maximum atomic E-state index is 13.0. The summed E-state index contributed by atoms with van der Waals surface area (Å²) in [6, 6.07) is 11.4. The highest BCUT2D eigenvalue weighted by molar-refractivity contribution is 6.02. The molecule has 6 nitrogen and oxygen atoms in total. The second-order valence-corrected chi connectivity index (χ2v) is 6.80. The first-order valence-corrected chi connectivity index (χ1v) is 8.87. The van der Waals surface area contributed by atoms with E-state index in [0.717, 1.165) is 28.1 Å². The van der Waals surface area contributed by atoms with Crippen molar-refractivity contribution in [3.05, 3.63) is 58.7 Å². The number of fused-ring (bicyclic) bond motifs is 1. The number of rotatable bonds is 4. The molecule has 6 heteroatoms. The third kappa shape index (κ3) is 3.23. The van der Waals surface area contributed by atoms with E-state index in [2.05, 4.69) is 5.32 Å². The summed E-state index contributed by atoms with van der Waals surface area (Å²) in [6.45, 7) is 4.12. The smallest absolute Gasteiger partial charge is 0.257 e. The number of hydrogen-bond donors (Lipinski definition) is 1. The second-order valence-electron chi connectivity index (χ2n) is 6.80. The molecule has 1 heterocycles. The molecule has 2 amide bonds.